The molecule has 1 N–H and O–H groups in total. The summed E-state index contributed by atoms with van der Waals surface area (Å²) in [6, 6.07) is 11.8. The lowest BCUT2D eigenvalue weighted by molar-refractivity contribution is -0.132. The van der Waals surface area contributed by atoms with Gasteiger partial charge < -0.3 is 19.9 Å². The number of halogens is 1. The van der Waals surface area contributed by atoms with Gasteiger partial charge in [-0.25, -0.2) is 9.18 Å². The number of nitrogens with one attached hydrogen (secondary N) is 1. The van der Waals surface area contributed by atoms with Crippen LogP contribution in [0.5, 0.6) is 5.75 Å². The fourth-order valence-electron chi connectivity index (χ4n) is 4.31. The smallest absolute Gasteiger partial charge is 0.322 e. The fraction of sp³-hybridized carbons (Fsp3) is 0.375. The van der Waals surface area contributed by atoms with Crippen molar-refractivity contribution < 1.29 is 23.5 Å². The van der Waals surface area contributed by atoms with E-state index in [9.17, 15) is 18.8 Å². The maximum Gasteiger partial charge on any atom is 0.322 e. The number of amides is 3. The molecule has 2 heterocycles. The van der Waals surface area contributed by atoms with Crippen molar-refractivity contribution in [1.82, 2.24) is 9.80 Å². The molecular weight excluding hydrogens is 413 g/mol. The maximum absolute atomic E-state index is 13.8. The predicted molar refractivity (Wildman–Crippen MR) is 117 cm³/mol. The highest BCUT2D eigenvalue weighted by molar-refractivity contribution is 5.98. The highest BCUT2D eigenvalue weighted by Crippen LogP contribution is 2.28. The molecule has 0 atom stereocenters. The summed E-state index contributed by atoms with van der Waals surface area (Å²) in [4.78, 5) is 41.0. The topological polar surface area (TPSA) is 79.0 Å². The van der Waals surface area contributed by atoms with E-state index in [0.29, 0.717) is 32.5 Å². The molecule has 168 valence electrons. The Hall–Kier alpha value is -3.42. The summed E-state index contributed by atoms with van der Waals surface area (Å²) in [5, 5.41) is 2.94. The van der Waals surface area contributed by atoms with Crippen molar-refractivity contribution >= 4 is 23.4 Å². The Morgan fingerprint density at radius 2 is 1.88 bits per heavy atom. The number of urea groups is 1. The summed E-state index contributed by atoms with van der Waals surface area (Å²) < 4.78 is 18.7. The number of piperidine rings is 1. The van der Waals surface area contributed by atoms with E-state index < -0.39 is 5.82 Å². The molecule has 0 aliphatic carbocycles. The van der Waals surface area contributed by atoms with Crippen molar-refractivity contribution in [3.63, 3.8) is 0 Å². The standard InChI is InChI=1S/C24H26FN3O4/c1-32-22-8-6-16(14-19(22)25)21(29)7-9-23(30)27-12-10-18(11-13-27)28-15-17-4-2-3-5-20(17)26-24(28)31/h2-6,8,14,18H,7,9-13,15H2,1H3,(H,26,31). The average Bonchev–Trinajstić information content (AvgIpc) is 2.82. The summed E-state index contributed by atoms with van der Waals surface area (Å²) in [5.74, 6) is -0.903. The van der Waals surface area contributed by atoms with Gasteiger partial charge in [0.1, 0.15) is 0 Å². The number of carbonyl (C=O) groups is 3. The molecule has 0 radical (unpaired) electrons. The van der Waals surface area contributed by atoms with E-state index in [1.54, 1.807) is 4.90 Å². The number of fused-ring (bicyclic) bond motifs is 1. The predicted octanol–water partition coefficient (Wildman–Crippen LogP) is 3.84. The Balaban J connectivity index is 1.27. The second kappa shape index (κ2) is 9.38. The Bertz CT molecular complexity index is 1030. The fourth-order valence-corrected chi connectivity index (χ4v) is 4.31. The molecule has 0 spiro atoms. The summed E-state index contributed by atoms with van der Waals surface area (Å²) >= 11 is 0. The Labute approximate surface area is 186 Å². The van der Waals surface area contributed by atoms with Gasteiger partial charge in [-0.15, -0.1) is 0 Å². The van der Waals surface area contributed by atoms with E-state index in [0.717, 1.165) is 17.3 Å². The van der Waals surface area contributed by atoms with E-state index in [1.807, 2.05) is 29.2 Å². The van der Waals surface area contributed by atoms with Crippen LogP contribution >= 0.6 is 0 Å². The molecule has 2 aliphatic rings. The number of methoxy groups -OCH3 is 1. The number of ketones is 1. The van der Waals surface area contributed by atoms with E-state index in [1.165, 1.54) is 19.2 Å². The molecule has 0 bridgehead atoms. The SMILES string of the molecule is COc1ccc(C(=O)CCC(=O)N2CCC(N3Cc4ccccc4NC3=O)CC2)cc1F. The largest absolute Gasteiger partial charge is 0.494 e. The van der Waals surface area contributed by atoms with Crippen LogP contribution in [0.3, 0.4) is 0 Å². The van der Waals surface area contributed by atoms with Gasteiger partial charge in [-0.1, -0.05) is 18.2 Å². The molecule has 1 saturated heterocycles. The summed E-state index contributed by atoms with van der Waals surface area (Å²) in [6.07, 6.45) is 1.49. The highest BCUT2D eigenvalue weighted by atomic mass is 19.1. The first-order valence-electron chi connectivity index (χ1n) is 10.8. The van der Waals surface area contributed by atoms with E-state index in [-0.39, 0.29) is 47.9 Å². The zero-order valence-electron chi connectivity index (χ0n) is 18.0. The maximum atomic E-state index is 13.8. The molecular formula is C24H26FN3O4. The van der Waals surface area contributed by atoms with Crippen LogP contribution in [0.4, 0.5) is 14.9 Å². The monoisotopic (exact) mass is 439 g/mol. The van der Waals surface area contributed by atoms with Gasteiger partial charge in [-0.05, 0) is 42.7 Å². The molecule has 7 nitrogen and oxygen atoms in total. The Kier molecular flexibility index (Phi) is 6.39. The molecule has 8 heteroatoms. The van der Waals surface area contributed by atoms with Crippen molar-refractivity contribution in [3.8, 4) is 5.75 Å². The number of rotatable bonds is 6. The minimum Gasteiger partial charge on any atom is -0.494 e. The van der Waals surface area contributed by atoms with Gasteiger partial charge in [0.05, 0.1) is 7.11 Å². The average molecular weight is 439 g/mol. The molecule has 1 fully saturated rings. The van der Waals surface area contributed by atoms with Gasteiger partial charge in [0.2, 0.25) is 5.91 Å². The lowest BCUT2D eigenvalue weighted by Gasteiger charge is -2.40. The van der Waals surface area contributed by atoms with Crippen LogP contribution in [0.15, 0.2) is 42.5 Å². The molecule has 2 aromatic carbocycles. The number of carbonyl (C=O) groups excluding carboxylic acids is 3. The number of ether oxygens (including phenoxy) is 1. The van der Waals surface area contributed by atoms with Gasteiger partial charge in [0, 0.05) is 49.8 Å². The van der Waals surface area contributed by atoms with Gasteiger partial charge in [-0.3, -0.25) is 9.59 Å². The lowest BCUT2D eigenvalue weighted by Crippen LogP contribution is -2.51. The number of hydrogen-bond donors (Lipinski definition) is 1. The number of hydrogen-bond acceptors (Lipinski definition) is 4. The third-order valence-electron chi connectivity index (χ3n) is 6.16. The molecule has 2 aromatic rings. The summed E-state index contributed by atoms with van der Waals surface area (Å²) in [6.45, 7) is 1.65. The van der Waals surface area contributed by atoms with Gasteiger partial charge in [-0.2, -0.15) is 0 Å². The molecule has 2 aliphatic heterocycles. The lowest BCUT2D eigenvalue weighted by atomic mass is 10.00. The van der Waals surface area contributed by atoms with Crippen LogP contribution in [0.2, 0.25) is 0 Å². The normalized spacial score (nSPS) is 16.4. The van der Waals surface area contributed by atoms with Crippen LogP contribution in [-0.4, -0.2) is 53.8 Å². The van der Waals surface area contributed by atoms with E-state index in [4.69, 9.17) is 4.74 Å². The van der Waals surface area contributed by atoms with Gasteiger partial charge in [0.25, 0.3) is 0 Å². The van der Waals surface area contributed by atoms with Gasteiger partial charge in [0.15, 0.2) is 17.3 Å². The van der Waals surface area contributed by atoms with Crippen molar-refractivity contribution in [2.45, 2.75) is 38.3 Å². The zero-order valence-corrected chi connectivity index (χ0v) is 18.0. The molecule has 0 aromatic heterocycles. The summed E-state index contributed by atoms with van der Waals surface area (Å²) in [7, 11) is 1.36. The quantitative estimate of drug-likeness (QED) is 0.694. The molecule has 4 rings (SSSR count). The molecule has 32 heavy (non-hydrogen) atoms. The Morgan fingerprint density at radius 1 is 1.12 bits per heavy atom. The minimum atomic E-state index is -0.601. The third-order valence-corrected chi connectivity index (χ3v) is 6.16. The molecule has 0 saturated carbocycles. The van der Waals surface area contributed by atoms with Crippen LogP contribution in [0.1, 0.15) is 41.6 Å². The number of benzene rings is 2. The van der Waals surface area contributed by atoms with Crippen molar-refractivity contribution in [2.24, 2.45) is 0 Å². The zero-order chi connectivity index (χ0) is 22.7. The number of nitrogens with zero attached hydrogens (tertiary/aromatic N) is 2. The molecule has 0 unspecified atom stereocenters. The first-order chi connectivity index (χ1) is 15.5. The second-order valence-electron chi connectivity index (χ2n) is 8.10. The summed E-state index contributed by atoms with van der Waals surface area (Å²) in [5.41, 5.74) is 2.16. The van der Waals surface area contributed by atoms with E-state index >= 15 is 0 Å². The number of Topliss-reactive ketones (excluding diaryl/α,β-unsaturated/α-hetero) is 1. The van der Waals surface area contributed by atoms with Crippen LogP contribution < -0.4 is 10.1 Å². The number of anilines is 1. The van der Waals surface area contributed by atoms with Gasteiger partial charge >= 0.3 is 6.03 Å². The van der Waals surface area contributed by atoms with Crippen molar-refractivity contribution in [2.75, 3.05) is 25.5 Å². The number of likely N-dealkylation sites (tertiary alicyclic amines) is 1. The number of para-hydroxylation sites is 1. The minimum absolute atomic E-state index is 0.0237. The first-order valence-corrected chi connectivity index (χ1v) is 10.8. The van der Waals surface area contributed by atoms with Crippen molar-refractivity contribution in [3.05, 3.63) is 59.4 Å². The van der Waals surface area contributed by atoms with Crippen molar-refractivity contribution in [1.29, 1.82) is 0 Å². The highest BCUT2D eigenvalue weighted by Gasteiger charge is 2.32. The van der Waals surface area contributed by atoms with E-state index in [2.05, 4.69) is 5.32 Å². The Morgan fingerprint density at radius 3 is 2.59 bits per heavy atom. The second-order valence-corrected chi connectivity index (χ2v) is 8.10. The third kappa shape index (κ3) is 4.59. The molecule has 3 amide bonds. The van der Waals surface area contributed by atoms with Crippen LogP contribution in [0, 0.1) is 5.82 Å². The van der Waals surface area contributed by atoms with Crippen LogP contribution in [-0.2, 0) is 11.3 Å². The van der Waals surface area contributed by atoms with Crippen LogP contribution in [0.25, 0.3) is 0 Å². The first kappa shape index (κ1) is 21.8.